The number of hydrogen-bond acceptors (Lipinski definition) is 2. The average molecular weight is 325 g/mol. The molecule has 0 aliphatic rings. The molecule has 1 aromatic heterocycles. The molecule has 0 spiro atoms. The zero-order valence-electron chi connectivity index (χ0n) is 10.9. The van der Waals surface area contributed by atoms with Gasteiger partial charge in [0.25, 0.3) is 0 Å². The smallest absolute Gasteiger partial charge is 0.191 e. The van der Waals surface area contributed by atoms with Crippen LogP contribution in [-0.2, 0) is 12.5 Å². The summed E-state index contributed by atoms with van der Waals surface area (Å²) in [4.78, 5) is 0. The highest BCUT2D eigenvalue weighted by Crippen LogP contribution is 2.29. The Hall–Kier alpha value is -1.65. The molecule has 5 heteroatoms. The Kier molecular flexibility index (Phi) is 4.08. The van der Waals surface area contributed by atoms with E-state index in [-0.39, 0.29) is 18.2 Å². The van der Waals surface area contributed by atoms with Crippen molar-refractivity contribution in [2.45, 2.75) is 12.5 Å². The molecule has 0 radical (unpaired) electrons. The first-order chi connectivity index (χ1) is 10.2. The third-order valence-electron chi connectivity index (χ3n) is 3.15. The van der Waals surface area contributed by atoms with Crippen LogP contribution >= 0.6 is 22.9 Å². The number of thiophene rings is 1. The summed E-state index contributed by atoms with van der Waals surface area (Å²) in [5.74, 6) is -1.77. The third-order valence-corrected chi connectivity index (χ3v) is 4.47. The maximum absolute atomic E-state index is 13.8. The van der Waals surface area contributed by atoms with Crippen molar-refractivity contribution in [1.82, 2.24) is 0 Å². The molecule has 0 unspecified atom stereocenters. The summed E-state index contributed by atoms with van der Waals surface area (Å²) in [6, 6.07) is 10.2. The van der Waals surface area contributed by atoms with Gasteiger partial charge in [0, 0.05) is 16.1 Å². The molecule has 0 aliphatic heterocycles. The van der Waals surface area contributed by atoms with Crippen molar-refractivity contribution < 1.29 is 13.5 Å². The molecule has 0 atom stereocenters. The van der Waals surface area contributed by atoms with Crippen LogP contribution in [0.3, 0.4) is 0 Å². The molecule has 0 N–H and O–H groups in total. The van der Waals surface area contributed by atoms with Gasteiger partial charge in [0.05, 0.1) is 0 Å². The lowest BCUT2D eigenvalue weighted by molar-refractivity contribution is 0.275. The van der Waals surface area contributed by atoms with E-state index in [9.17, 15) is 8.78 Å². The Morgan fingerprint density at radius 2 is 1.81 bits per heavy atom. The summed E-state index contributed by atoms with van der Waals surface area (Å²) in [6.45, 7) is 0.123. The fourth-order valence-corrected chi connectivity index (χ4v) is 3.22. The molecule has 0 saturated carbocycles. The summed E-state index contributed by atoms with van der Waals surface area (Å²) < 4.78 is 34.1. The van der Waals surface area contributed by atoms with Gasteiger partial charge in [-0.2, -0.15) is 0 Å². The van der Waals surface area contributed by atoms with Gasteiger partial charge in [-0.25, -0.2) is 8.78 Å². The van der Waals surface area contributed by atoms with E-state index < -0.39 is 11.6 Å². The number of rotatable bonds is 4. The Morgan fingerprint density at radius 1 is 1.10 bits per heavy atom. The van der Waals surface area contributed by atoms with Gasteiger partial charge in [-0.3, -0.25) is 0 Å². The topological polar surface area (TPSA) is 9.23 Å². The van der Waals surface area contributed by atoms with E-state index in [2.05, 4.69) is 0 Å². The van der Waals surface area contributed by atoms with Crippen LogP contribution in [-0.4, -0.2) is 0 Å². The van der Waals surface area contributed by atoms with Gasteiger partial charge in [-0.1, -0.05) is 18.2 Å². The number of hydrogen-bond donors (Lipinski definition) is 0. The minimum absolute atomic E-state index is 0.0588. The van der Waals surface area contributed by atoms with Gasteiger partial charge in [0.1, 0.15) is 6.61 Å². The molecule has 3 rings (SSSR count). The van der Waals surface area contributed by atoms with Crippen LogP contribution in [0.15, 0.2) is 41.8 Å². The van der Waals surface area contributed by atoms with E-state index in [0.29, 0.717) is 5.56 Å². The number of fused-ring (bicyclic) bond motifs is 1. The zero-order chi connectivity index (χ0) is 14.8. The van der Waals surface area contributed by atoms with E-state index in [1.54, 1.807) is 11.3 Å². The number of alkyl halides is 1. The second-order valence-electron chi connectivity index (χ2n) is 4.57. The quantitative estimate of drug-likeness (QED) is 0.576. The molecule has 3 aromatic rings. The first-order valence-corrected chi connectivity index (χ1v) is 7.72. The van der Waals surface area contributed by atoms with Crippen LogP contribution in [0.5, 0.6) is 5.75 Å². The molecule has 0 bridgehead atoms. The van der Waals surface area contributed by atoms with Crippen molar-refractivity contribution in [2.24, 2.45) is 0 Å². The second-order valence-corrected chi connectivity index (χ2v) is 5.75. The Bertz CT molecular complexity index is 762. The predicted molar refractivity (Wildman–Crippen MR) is 82.1 cm³/mol. The van der Waals surface area contributed by atoms with Crippen LogP contribution in [0.4, 0.5) is 8.78 Å². The largest absolute Gasteiger partial charge is 0.483 e. The third kappa shape index (κ3) is 2.87. The molecule has 2 aromatic carbocycles. The molecular weight excluding hydrogens is 314 g/mol. The first kappa shape index (κ1) is 14.3. The highest BCUT2D eigenvalue weighted by Gasteiger charge is 2.13. The van der Waals surface area contributed by atoms with Crippen LogP contribution in [0.2, 0.25) is 0 Å². The van der Waals surface area contributed by atoms with Gasteiger partial charge in [-0.15, -0.1) is 22.9 Å². The lowest BCUT2D eigenvalue weighted by Crippen LogP contribution is -2.00. The van der Waals surface area contributed by atoms with E-state index in [4.69, 9.17) is 16.3 Å². The van der Waals surface area contributed by atoms with Crippen molar-refractivity contribution in [3.63, 3.8) is 0 Å². The normalized spacial score (nSPS) is 11.0. The number of halogens is 3. The molecule has 0 amide bonds. The summed E-state index contributed by atoms with van der Waals surface area (Å²) in [5.41, 5.74) is 1.30. The van der Waals surface area contributed by atoms with Gasteiger partial charge in [0.15, 0.2) is 17.4 Å². The van der Waals surface area contributed by atoms with E-state index in [1.807, 2.05) is 29.6 Å². The van der Waals surface area contributed by atoms with Crippen LogP contribution in [0, 0.1) is 11.6 Å². The minimum Gasteiger partial charge on any atom is -0.483 e. The molecule has 0 fully saturated rings. The Balaban J connectivity index is 1.85. The maximum Gasteiger partial charge on any atom is 0.191 e. The lowest BCUT2D eigenvalue weighted by atomic mass is 10.2. The van der Waals surface area contributed by atoms with Crippen molar-refractivity contribution in [3.8, 4) is 5.75 Å². The van der Waals surface area contributed by atoms with Gasteiger partial charge < -0.3 is 4.74 Å². The van der Waals surface area contributed by atoms with Crippen LogP contribution in [0.1, 0.15) is 11.1 Å². The summed E-state index contributed by atoms with van der Waals surface area (Å²) >= 11 is 7.15. The summed E-state index contributed by atoms with van der Waals surface area (Å²) in [6.07, 6.45) is 0. The first-order valence-electron chi connectivity index (χ1n) is 6.31. The molecule has 0 saturated heterocycles. The van der Waals surface area contributed by atoms with E-state index in [0.717, 1.165) is 15.6 Å². The average Bonchev–Trinajstić information content (AvgIpc) is 2.89. The number of ether oxygens (including phenoxy) is 1. The maximum atomic E-state index is 13.8. The van der Waals surface area contributed by atoms with E-state index in [1.165, 1.54) is 12.1 Å². The van der Waals surface area contributed by atoms with Crippen molar-refractivity contribution in [1.29, 1.82) is 0 Å². The fourth-order valence-electron chi connectivity index (χ4n) is 2.12. The van der Waals surface area contributed by atoms with Crippen molar-refractivity contribution in [3.05, 3.63) is 64.5 Å². The summed E-state index contributed by atoms with van der Waals surface area (Å²) in [7, 11) is 0. The highest BCUT2D eigenvalue weighted by atomic mass is 35.5. The van der Waals surface area contributed by atoms with Gasteiger partial charge in [0.2, 0.25) is 0 Å². The van der Waals surface area contributed by atoms with Gasteiger partial charge in [-0.05, 0) is 34.5 Å². The Morgan fingerprint density at radius 3 is 2.52 bits per heavy atom. The monoisotopic (exact) mass is 324 g/mol. The molecule has 0 aliphatic carbocycles. The van der Waals surface area contributed by atoms with Crippen LogP contribution < -0.4 is 4.74 Å². The SMILES string of the molecule is Fc1cc(CCl)cc(F)c1OCc1csc2ccccc12. The Labute approximate surface area is 129 Å². The molecular formula is C16H11ClF2OS. The van der Waals surface area contributed by atoms with Crippen molar-refractivity contribution >= 4 is 33.0 Å². The predicted octanol–water partition coefficient (Wildman–Crippen LogP) is 5.50. The minimum atomic E-state index is -0.731. The zero-order valence-corrected chi connectivity index (χ0v) is 12.5. The second kappa shape index (κ2) is 6.00. The fraction of sp³-hybridized carbons (Fsp3) is 0.125. The lowest BCUT2D eigenvalue weighted by Gasteiger charge is -2.09. The van der Waals surface area contributed by atoms with Crippen molar-refractivity contribution in [2.75, 3.05) is 0 Å². The summed E-state index contributed by atoms with van der Waals surface area (Å²) in [5, 5.41) is 2.98. The standard InChI is InChI=1S/C16H11ClF2OS/c17-7-10-5-13(18)16(14(19)6-10)20-8-11-9-21-15-4-2-1-3-12(11)15/h1-6,9H,7-8H2. The molecule has 1 nitrogen and oxygen atoms in total. The molecule has 108 valence electrons. The van der Waals surface area contributed by atoms with Crippen LogP contribution in [0.25, 0.3) is 10.1 Å². The highest BCUT2D eigenvalue weighted by molar-refractivity contribution is 7.17. The molecule has 21 heavy (non-hydrogen) atoms. The van der Waals surface area contributed by atoms with Gasteiger partial charge >= 0.3 is 0 Å². The molecule has 1 heterocycles. The van der Waals surface area contributed by atoms with E-state index >= 15 is 0 Å². The number of benzene rings is 2.